The molecule has 3 nitrogen and oxygen atoms in total. The zero-order valence-corrected chi connectivity index (χ0v) is 15.1. The van der Waals surface area contributed by atoms with Gasteiger partial charge < -0.3 is 4.90 Å². The number of amides is 1. The molecule has 1 spiro atoms. The van der Waals surface area contributed by atoms with E-state index in [0.717, 1.165) is 38.9 Å². The van der Waals surface area contributed by atoms with Crippen LogP contribution in [0.4, 0.5) is 4.39 Å². The first-order valence-electron chi connectivity index (χ1n) is 9.95. The van der Waals surface area contributed by atoms with Crippen molar-refractivity contribution in [1.82, 2.24) is 9.80 Å². The van der Waals surface area contributed by atoms with Crippen molar-refractivity contribution in [3.05, 3.63) is 35.6 Å². The fraction of sp³-hybridized carbons (Fsp3) is 0.667. The van der Waals surface area contributed by atoms with Crippen LogP contribution in [0.25, 0.3) is 0 Å². The van der Waals surface area contributed by atoms with Gasteiger partial charge in [-0.3, -0.25) is 9.69 Å². The Kier molecular flexibility index (Phi) is 4.81. The molecule has 2 saturated heterocycles. The lowest BCUT2D eigenvalue weighted by molar-refractivity contribution is -0.146. The predicted octanol–water partition coefficient (Wildman–Crippen LogP) is 3.97. The van der Waals surface area contributed by atoms with E-state index in [0.29, 0.717) is 18.2 Å². The van der Waals surface area contributed by atoms with E-state index in [1.54, 1.807) is 12.1 Å². The number of likely N-dealkylation sites (tertiary alicyclic amines) is 2. The third kappa shape index (κ3) is 3.33. The topological polar surface area (TPSA) is 23.6 Å². The normalized spacial score (nSPS) is 28.8. The van der Waals surface area contributed by atoms with Crippen molar-refractivity contribution >= 4 is 5.91 Å². The SMILES string of the molecule is O=C1N(Cc2ccccc2F)CCCC12CCN(C1CCCCC1)C2. The second-order valence-corrected chi connectivity index (χ2v) is 8.21. The molecule has 136 valence electrons. The van der Waals surface area contributed by atoms with Crippen molar-refractivity contribution in [1.29, 1.82) is 0 Å². The molecule has 0 radical (unpaired) electrons. The largest absolute Gasteiger partial charge is 0.338 e. The number of benzene rings is 1. The summed E-state index contributed by atoms with van der Waals surface area (Å²) in [5, 5.41) is 0. The zero-order valence-electron chi connectivity index (χ0n) is 15.1. The number of hydrogen-bond donors (Lipinski definition) is 0. The number of carbonyl (C=O) groups is 1. The van der Waals surface area contributed by atoms with Crippen LogP contribution in [-0.4, -0.2) is 41.4 Å². The predicted molar refractivity (Wildman–Crippen MR) is 96.5 cm³/mol. The Bertz CT molecular complexity index is 628. The van der Waals surface area contributed by atoms with Crippen molar-refractivity contribution in [2.24, 2.45) is 5.41 Å². The molecule has 2 heterocycles. The lowest BCUT2D eigenvalue weighted by Gasteiger charge is -2.40. The first-order chi connectivity index (χ1) is 12.2. The van der Waals surface area contributed by atoms with Gasteiger partial charge in [0.2, 0.25) is 5.91 Å². The van der Waals surface area contributed by atoms with Crippen LogP contribution < -0.4 is 0 Å². The van der Waals surface area contributed by atoms with Gasteiger partial charge in [0.25, 0.3) is 0 Å². The van der Waals surface area contributed by atoms with Crippen LogP contribution >= 0.6 is 0 Å². The maximum absolute atomic E-state index is 14.0. The summed E-state index contributed by atoms with van der Waals surface area (Å²) < 4.78 is 14.0. The van der Waals surface area contributed by atoms with E-state index in [1.165, 1.54) is 38.2 Å². The number of hydrogen-bond acceptors (Lipinski definition) is 2. The van der Waals surface area contributed by atoms with Gasteiger partial charge in [0, 0.05) is 31.2 Å². The maximum atomic E-state index is 14.0. The average molecular weight is 344 g/mol. The molecule has 1 unspecified atom stereocenters. The van der Waals surface area contributed by atoms with Gasteiger partial charge in [0.15, 0.2) is 0 Å². The lowest BCUT2D eigenvalue weighted by Crippen LogP contribution is -2.50. The third-order valence-electron chi connectivity index (χ3n) is 6.62. The van der Waals surface area contributed by atoms with Gasteiger partial charge in [0.1, 0.15) is 5.82 Å². The highest BCUT2D eigenvalue weighted by Crippen LogP contribution is 2.42. The summed E-state index contributed by atoms with van der Waals surface area (Å²) in [6.07, 6.45) is 9.65. The number of nitrogens with zero attached hydrogens (tertiary/aromatic N) is 2. The minimum Gasteiger partial charge on any atom is -0.338 e. The Labute approximate surface area is 150 Å². The molecule has 4 heteroatoms. The van der Waals surface area contributed by atoms with Gasteiger partial charge in [-0.25, -0.2) is 4.39 Å². The van der Waals surface area contributed by atoms with E-state index in [9.17, 15) is 9.18 Å². The first kappa shape index (κ1) is 17.0. The lowest BCUT2D eigenvalue weighted by atomic mass is 9.78. The monoisotopic (exact) mass is 344 g/mol. The summed E-state index contributed by atoms with van der Waals surface area (Å²) in [6, 6.07) is 7.52. The van der Waals surface area contributed by atoms with E-state index >= 15 is 0 Å². The molecule has 1 saturated carbocycles. The molecule has 3 fully saturated rings. The van der Waals surface area contributed by atoms with Crippen LogP contribution in [0.2, 0.25) is 0 Å². The summed E-state index contributed by atoms with van der Waals surface area (Å²) in [4.78, 5) is 17.8. The Hall–Kier alpha value is -1.42. The standard InChI is InChI=1S/C21H29FN2O/c22-19-10-5-4-7-17(19)15-23-13-6-11-21(20(23)25)12-14-24(16-21)18-8-2-1-3-9-18/h4-5,7,10,18H,1-3,6,8-9,11-16H2. The van der Waals surface area contributed by atoms with E-state index in [4.69, 9.17) is 0 Å². The second kappa shape index (κ2) is 7.06. The van der Waals surface area contributed by atoms with Crippen LogP contribution in [0.5, 0.6) is 0 Å². The molecule has 1 aromatic rings. The van der Waals surface area contributed by atoms with Crippen molar-refractivity contribution < 1.29 is 9.18 Å². The van der Waals surface area contributed by atoms with Crippen LogP contribution in [0, 0.1) is 11.2 Å². The van der Waals surface area contributed by atoms with Crippen LogP contribution in [-0.2, 0) is 11.3 Å². The summed E-state index contributed by atoms with van der Waals surface area (Å²) in [6.45, 7) is 3.16. The zero-order chi connectivity index (χ0) is 17.3. The highest BCUT2D eigenvalue weighted by atomic mass is 19.1. The van der Waals surface area contributed by atoms with Gasteiger partial charge in [0.05, 0.1) is 5.41 Å². The molecule has 2 aliphatic heterocycles. The Morgan fingerprint density at radius 2 is 1.84 bits per heavy atom. The number of piperidine rings is 1. The van der Waals surface area contributed by atoms with E-state index in [-0.39, 0.29) is 17.1 Å². The highest BCUT2D eigenvalue weighted by molar-refractivity contribution is 5.84. The molecule has 1 amide bonds. The molecule has 1 atom stereocenters. The second-order valence-electron chi connectivity index (χ2n) is 8.21. The van der Waals surface area contributed by atoms with Gasteiger partial charge in [-0.1, -0.05) is 37.5 Å². The first-order valence-corrected chi connectivity index (χ1v) is 9.95. The molecule has 1 aliphatic carbocycles. The van der Waals surface area contributed by atoms with Crippen LogP contribution in [0.15, 0.2) is 24.3 Å². The Balaban J connectivity index is 1.46. The Morgan fingerprint density at radius 3 is 2.64 bits per heavy atom. The minimum atomic E-state index is -0.207. The van der Waals surface area contributed by atoms with Crippen molar-refractivity contribution in [2.75, 3.05) is 19.6 Å². The van der Waals surface area contributed by atoms with E-state index in [2.05, 4.69) is 4.90 Å². The van der Waals surface area contributed by atoms with Crippen molar-refractivity contribution in [2.45, 2.75) is 64.0 Å². The molecular weight excluding hydrogens is 315 g/mol. The molecule has 1 aromatic carbocycles. The number of halogens is 1. The van der Waals surface area contributed by atoms with Crippen molar-refractivity contribution in [3.63, 3.8) is 0 Å². The fourth-order valence-electron chi connectivity index (χ4n) is 5.18. The Morgan fingerprint density at radius 1 is 1.04 bits per heavy atom. The molecule has 0 bridgehead atoms. The number of rotatable bonds is 3. The maximum Gasteiger partial charge on any atom is 0.230 e. The minimum absolute atomic E-state index is 0.204. The summed E-state index contributed by atoms with van der Waals surface area (Å²) >= 11 is 0. The van der Waals surface area contributed by atoms with E-state index < -0.39 is 0 Å². The molecule has 25 heavy (non-hydrogen) atoms. The van der Waals surface area contributed by atoms with Gasteiger partial charge in [-0.15, -0.1) is 0 Å². The molecule has 0 N–H and O–H groups in total. The van der Waals surface area contributed by atoms with Crippen molar-refractivity contribution in [3.8, 4) is 0 Å². The molecule has 4 rings (SSSR count). The smallest absolute Gasteiger partial charge is 0.230 e. The summed E-state index contributed by atoms with van der Waals surface area (Å²) in [7, 11) is 0. The van der Waals surface area contributed by atoms with Gasteiger partial charge in [-0.2, -0.15) is 0 Å². The van der Waals surface area contributed by atoms with Crippen LogP contribution in [0.3, 0.4) is 0 Å². The quantitative estimate of drug-likeness (QED) is 0.828. The molecular formula is C21H29FN2O. The highest BCUT2D eigenvalue weighted by Gasteiger charge is 2.49. The third-order valence-corrected chi connectivity index (χ3v) is 6.62. The fourth-order valence-corrected chi connectivity index (χ4v) is 5.18. The average Bonchev–Trinajstić information content (AvgIpc) is 3.07. The van der Waals surface area contributed by atoms with Gasteiger partial charge >= 0.3 is 0 Å². The van der Waals surface area contributed by atoms with E-state index in [1.807, 2.05) is 11.0 Å². The number of carbonyl (C=O) groups excluding carboxylic acids is 1. The molecule has 0 aromatic heterocycles. The summed E-state index contributed by atoms with van der Waals surface area (Å²) in [5.41, 5.74) is 0.427. The summed E-state index contributed by atoms with van der Waals surface area (Å²) in [5.74, 6) is 0.0606. The molecule has 3 aliphatic rings. The van der Waals surface area contributed by atoms with Crippen LogP contribution in [0.1, 0.15) is 56.9 Å². The van der Waals surface area contributed by atoms with Gasteiger partial charge in [-0.05, 0) is 44.7 Å².